The summed E-state index contributed by atoms with van der Waals surface area (Å²) in [5, 5.41) is 0. The Labute approximate surface area is 73.9 Å². The first-order chi connectivity index (χ1) is 6.04. The van der Waals surface area contributed by atoms with Crippen LogP contribution in [-0.4, -0.2) is 4.98 Å². The molecule has 0 aliphatic rings. The van der Waals surface area contributed by atoms with Gasteiger partial charge in [0.2, 0.25) is 0 Å². The first-order valence-corrected chi connectivity index (χ1v) is 3.67. The van der Waals surface area contributed by atoms with E-state index >= 15 is 0 Å². The van der Waals surface area contributed by atoms with Crippen LogP contribution in [-0.2, 0) is 12.6 Å². The number of aromatic nitrogens is 1. The molecule has 1 rings (SSSR count). The third kappa shape index (κ3) is 2.57. The van der Waals surface area contributed by atoms with Crippen LogP contribution in [0.4, 0.5) is 13.2 Å². The molecule has 1 aromatic rings. The zero-order chi connectivity index (χ0) is 9.90. The van der Waals surface area contributed by atoms with Gasteiger partial charge in [-0.15, -0.1) is 6.58 Å². The van der Waals surface area contributed by atoms with Gasteiger partial charge in [0.05, 0.1) is 5.56 Å². The molecule has 0 unspecified atom stereocenters. The summed E-state index contributed by atoms with van der Waals surface area (Å²) in [7, 11) is 0. The number of allylic oxidation sites excluding steroid dienone is 1. The van der Waals surface area contributed by atoms with Crippen molar-refractivity contribution in [1.29, 1.82) is 0 Å². The first kappa shape index (κ1) is 9.77. The molecule has 4 heteroatoms. The first-order valence-electron chi connectivity index (χ1n) is 3.67. The summed E-state index contributed by atoms with van der Waals surface area (Å²) in [6.45, 7) is 3.46. The van der Waals surface area contributed by atoms with E-state index in [1.165, 1.54) is 6.07 Å². The Balaban J connectivity index is 2.87. The monoisotopic (exact) mass is 187 g/mol. The minimum Gasteiger partial charge on any atom is -0.260 e. The standard InChI is InChI=1S/C9H8F3N/c1-2-3-8-5-4-7(6-13-8)9(10,11)12/h2,4-6H,1,3H2. The maximum absolute atomic E-state index is 12.0. The summed E-state index contributed by atoms with van der Waals surface area (Å²) in [5.41, 5.74) is -0.136. The van der Waals surface area contributed by atoms with Gasteiger partial charge in [-0.2, -0.15) is 13.2 Å². The fourth-order valence-corrected chi connectivity index (χ4v) is 0.861. The SMILES string of the molecule is C=CCc1ccc(C(F)(F)F)cn1. The Morgan fingerprint density at radius 1 is 1.38 bits per heavy atom. The fourth-order valence-electron chi connectivity index (χ4n) is 0.861. The Bertz CT molecular complexity index is 287. The number of pyridine rings is 1. The van der Waals surface area contributed by atoms with Crippen LogP contribution in [0.3, 0.4) is 0 Å². The molecule has 0 bridgehead atoms. The smallest absolute Gasteiger partial charge is 0.260 e. The van der Waals surface area contributed by atoms with E-state index in [2.05, 4.69) is 11.6 Å². The highest BCUT2D eigenvalue weighted by molar-refractivity contribution is 5.17. The fraction of sp³-hybridized carbons (Fsp3) is 0.222. The van der Waals surface area contributed by atoms with E-state index in [0.29, 0.717) is 12.1 Å². The van der Waals surface area contributed by atoms with Crippen molar-refractivity contribution in [2.75, 3.05) is 0 Å². The molecule has 0 fully saturated rings. The highest BCUT2D eigenvalue weighted by Gasteiger charge is 2.30. The van der Waals surface area contributed by atoms with E-state index in [-0.39, 0.29) is 0 Å². The molecule has 0 saturated carbocycles. The summed E-state index contributed by atoms with van der Waals surface area (Å²) < 4.78 is 36.1. The molecular formula is C9H8F3N. The lowest BCUT2D eigenvalue weighted by Gasteiger charge is -2.05. The molecule has 0 N–H and O–H groups in total. The molecule has 13 heavy (non-hydrogen) atoms. The Hall–Kier alpha value is -1.32. The molecule has 0 aromatic carbocycles. The van der Waals surface area contributed by atoms with E-state index in [4.69, 9.17) is 0 Å². The predicted octanol–water partition coefficient (Wildman–Crippen LogP) is 2.83. The van der Waals surface area contributed by atoms with Gasteiger partial charge < -0.3 is 0 Å². The second-order valence-corrected chi connectivity index (χ2v) is 2.53. The summed E-state index contributed by atoms with van der Waals surface area (Å²) in [5.74, 6) is 0. The lowest BCUT2D eigenvalue weighted by atomic mass is 10.2. The average Bonchev–Trinajstić information content (AvgIpc) is 2.04. The number of halogens is 3. The molecule has 0 atom stereocenters. The van der Waals surface area contributed by atoms with Crippen LogP contribution < -0.4 is 0 Å². The largest absolute Gasteiger partial charge is 0.417 e. The third-order valence-corrected chi connectivity index (χ3v) is 1.51. The Morgan fingerprint density at radius 3 is 2.46 bits per heavy atom. The molecule has 0 amide bonds. The van der Waals surface area contributed by atoms with Gasteiger partial charge >= 0.3 is 6.18 Å². The second-order valence-electron chi connectivity index (χ2n) is 2.53. The number of nitrogens with zero attached hydrogens (tertiary/aromatic N) is 1. The lowest BCUT2D eigenvalue weighted by Crippen LogP contribution is -2.05. The molecule has 0 aliphatic heterocycles. The topological polar surface area (TPSA) is 12.9 Å². The maximum Gasteiger partial charge on any atom is 0.417 e. The van der Waals surface area contributed by atoms with Crippen molar-refractivity contribution in [1.82, 2.24) is 4.98 Å². The van der Waals surface area contributed by atoms with Crippen molar-refractivity contribution in [2.45, 2.75) is 12.6 Å². The number of hydrogen-bond donors (Lipinski definition) is 0. The van der Waals surface area contributed by atoms with E-state index < -0.39 is 11.7 Å². The Kier molecular flexibility index (Phi) is 2.70. The third-order valence-electron chi connectivity index (χ3n) is 1.51. The van der Waals surface area contributed by atoms with Crippen molar-refractivity contribution < 1.29 is 13.2 Å². The summed E-state index contributed by atoms with van der Waals surface area (Å²) >= 11 is 0. The van der Waals surface area contributed by atoms with Crippen LogP contribution in [0.15, 0.2) is 31.0 Å². The van der Waals surface area contributed by atoms with Gasteiger partial charge in [-0.1, -0.05) is 6.08 Å². The lowest BCUT2D eigenvalue weighted by molar-refractivity contribution is -0.137. The molecule has 0 aliphatic carbocycles. The molecule has 1 aromatic heterocycles. The average molecular weight is 187 g/mol. The quantitative estimate of drug-likeness (QED) is 0.649. The van der Waals surface area contributed by atoms with E-state index in [0.717, 1.165) is 12.3 Å². The summed E-state index contributed by atoms with van der Waals surface area (Å²) in [6.07, 6.45) is -1.40. The van der Waals surface area contributed by atoms with Crippen LogP contribution in [0, 0.1) is 0 Å². The molecule has 0 spiro atoms. The summed E-state index contributed by atoms with van der Waals surface area (Å²) in [4.78, 5) is 3.64. The van der Waals surface area contributed by atoms with Gasteiger partial charge in [0, 0.05) is 18.3 Å². The second kappa shape index (κ2) is 3.60. The number of alkyl halides is 3. The predicted molar refractivity (Wildman–Crippen MR) is 43.1 cm³/mol. The van der Waals surface area contributed by atoms with Crippen molar-refractivity contribution in [3.8, 4) is 0 Å². The van der Waals surface area contributed by atoms with E-state index in [1.54, 1.807) is 6.08 Å². The van der Waals surface area contributed by atoms with Crippen LogP contribution in [0.2, 0.25) is 0 Å². The van der Waals surface area contributed by atoms with Crippen molar-refractivity contribution in [2.24, 2.45) is 0 Å². The normalized spacial score (nSPS) is 11.3. The van der Waals surface area contributed by atoms with Crippen molar-refractivity contribution >= 4 is 0 Å². The minimum atomic E-state index is -4.31. The molecular weight excluding hydrogens is 179 g/mol. The number of hydrogen-bond acceptors (Lipinski definition) is 1. The molecule has 70 valence electrons. The van der Waals surface area contributed by atoms with Gasteiger partial charge in [0.25, 0.3) is 0 Å². The maximum atomic E-state index is 12.0. The highest BCUT2D eigenvalue weighted by atomic mass is 19.4. The van der Waals surface area contributed by atoms with Gasteiger partial charge in [-0.25, -0.2) is 0 Å². The van der Waals surface area contributed by atoms with Crippen molar-refractivity contribution in [3.05, 3.63) is 42.2 Å². The van der Waals surface area contributed by atoms with E-state index in [1.807, 2.05) is 0 Å². The molecule has 1 nitrogen and oxygen atoms in total. The molecule has 1 heterocycles. The zero-order valence-electron chi connectivity index (χ0n) is 6.80. The van der Waals surface area contributed by atoms with E-state index in [9.17, 15) is 13.2 Å². The van der Waals surface area contributed by atoms with Gasteiger partial charge in [-0.3, -0.25) is 4.98 Å². The molecule has 0 saturated heterocycles. The van der Waals surface area contributed by atoms with Crippen molar-refractivity contribution in [3.63, 3.8) is 0 Å². The van der Waals surface area contributed by atoms with Crippen LogP contribution in [0.25, 0.3) is 0 Å². The van der Waals surface area contributed by atoms with Crippen LogP contribution in [0.1, 0.15) is 11.3 Å². The van der Waals surface area contributed by atoms with Gasteiger partial charge in [-0.05, 0) is 12.1 Å². The zero-order valence-corrected chi connectivity index (χ0v) is 6.80. The van der Waals surface area contributed by atoms with Crippen LogP contribution in [0.5, 0.6) is 0 Å². The van der Waals surface area contributed by atoms with Gasteiger partial charge in [0.15, 0.2) is 0 Å². The number of rotatable bonds is 2. The van der Waals surface area contributed by atoms with Gasteiger partial charge in [0.1, 0.15) is 0 Å². The van der Waals surface area contributed by atoms with Crippen LogP contribution >= 0.6 is 0 Å². The summed E-state index contributed by atoms with van der Waals surface area (Å²) in [6, 6.07) is 2.37. The Morgan fingerprint density at radius 2 is 2.08 bits per heavy atom. The highest BCUT2D eigenvalue weighted by Crippen LogP contribution is 2.28. The minimum absolute atomic E-state index is 0.484. The molecule has 0 radical (unpaired) electrons.